The van der Waals surface area contributed by atoms with Crippen molar-refractivity contribution in [3.05, 3.63) is 5.21 Å². The van der Waals surface area contributed by atoms with E-state index in [2.05, 4.69) is 6.92 Å². The van der Waals surface area contributed by atoms with Gasteiger partial charge in [-0.15, -0.1) is 0 Å². The van der Waals surface area contributed by atoms with Crippen LogP contribution in [-0.2, 0) is 0 Å². The molecule has 1 aliphatic rings. The number of nitrogens with one attached hydrogen (secondary N) is 1. The molecule has 0 amide bonds. The first-order valence-electron chi connectivity index (χ1n) is 2.74. The quantitative estimate of drug-likeness (QED) is 0.406. The van der Waals surface area contributed by atoms with Crippen molar-refractivity contribution < 1.29 is 5.06 Å². The van der Waals surface area contributed by atoms with E-state index in [1.54, 1.807) is 0 Å². The zero-order chi connectivity index (χ0) is 5.44. The highest BCUT2D eigenvalue weighted by molar-refractivity contribution is 4.66. The number of rotatable bonds is 0. The summed E-state index contributed by atoms with van der Waals surface area (Å²) in [6, 6.07) is 0.361. The predicted molar refractivity (Wildman–Crippen MR) is 27.8 cm³/mol. The second-order valence-electron chi connectivity index (χ2n) is 2.44. The highest BCUT2D eigenvalue weighted by Crippen LogP contribution is 2.02. The van der Waals surface area contributed by atoms with Crippen LogP contribution in [0.15, 0.2) is 0 Å². The average Bonchev–Trinajstić information content (AvgIpc) is 1.68. The zero-order valence-corrected chi connectivity index (χ0v) is 4.77. The summed E-state index contributed by atoms with van der Waals surface area (Å²) in [6.45, 7) is 4.93. The third-order valence-corrected chi connectivity index (χ3v) is 1.88. The Hall–Kier alpha value is -0.0800. The summed E-state index contributed by atoms with van der Waals surface area (Å²) in [7, 11) is 0. The van der Waals surface area contributed by atoms with Crippen LogP contribution in [0.2, 0.25) is 0 Å². The van der Waals surface area contributed by atoms with Gasteiger partial charge < -0.3 is 10.3 Å². The van der Waals surface area contributed by atoms with E-state index in [9.17, 15) is 5.21 Å². The average molecular weight is 101 g/mol. The minimum atomic E-state index is 0.361. The van der Waals surface area contributed by atoms with Gasteiger partial charge in [0.05, 0.1) is 18.5 Å². The molecule has 0 aromatic rings. The second kappa shape index (κ2) is 1.46. The Morgan fingerprint density at radius 1 is 1.57 bits per heavy atom. The molecule has 2 nitrogen and oxygen atoms in total. The van der Waals surface area contributed by atoms with Crippen LogP contribution in [0.3, 0.4) is 0 Å². The summed E-state index contributed by atoms with van der Waals surface area (Å²) in [5.74, 6) is 0.660. The highest BCUT2D eigenvalue weighted by Gasteiger charge is 2.30. The van der Waals surface area contributed by atoms with Gasteiger partial charge in [-0.1, -0.05) is 6.92 Å². The minimum Gasteiger partial charge on any atom is -0.634 e. The van der Waals surface area contributed by atoms with E-state index < -0.39 is 0 Å². The molecular formula is C5H11NO. The van der Waals surface area contributed by atoms with Crippen LogP contribution >= 0.6 is 0 Å². The standard InChI is InChI=1S/C5H11NO/c1-4-3-6(7)5(4)2/h4-6H,3H2,1-2H3. The van der Waals surface area contributed by atoms with Crippen molar-refractivity contribution in [2.75, 3.05) is 6.54 Å². The summed E-state index contributed by atoms with van der Waals surface area (Å²) in [5, 5.41) is 10.9. The monoisotopic (exact) mass is 101 g/mol. The van der Waals surface area contributed by atoms with Crippen molar-refractivity contribution in [3.8, 4) is 0 Å². The fourth-order valence-electron chi connectivity index (χ4n) is 0.837. The molecule has 1 N–H and O–H groups in total. The summed E-state index contributed by atoms with van der Waals surface area (Å²) < 4.78 is 0. The molecule has 0 aromatic heterocycles. The van der Waals surface area contributed by atoms with Gasteiger partial charge in [-0.3, -0.25) is 0 Å². The molecule has 0 saturated carbocycles. The Balaban J connectivity index is 2.29. The maximum Gasteiger partial charge on any atom is 0.0923 e. The van der Waals surface area contributed by atoms with E-state index in [0.29, 0.717) is 17.0 Å². The molecule has 0 bridgehead atoms. The largest absolute Gasteiger partial charge is 0.634 e. The molecule has 0 aromatic carbocycles. The van der Waals surface area contributed by atoms with Crippen molar-refractivity contribution in [2.45, 2.75) is 19.9 Å². The fraction of sp³-hybridized carbons (Fsp3) is 1.00. The second-order valence-corrected chi connectivity index (χ2v) is 2.44. The number of hydrogen-bond acceptors (Lipinski definition) is 1. The van der Waals surface area contributed by atoms with Gasteiger partial charge >= 0.3 is 0 Å². The summed E-state index contributed by atoms with van der Waals surface area (Å²) >= 11 is 0. The van der Waals surface area contributed by atoms with Crippen molar-refractivity contribution >= 4 is 0 Å². The van der Waals surface area contributed by atoms with Crippen LogP contribution in [0.5, 0.6) is 0 Å². The first-order valence-corrected chi connectivity index (χ1v) is 2.74. The summed E-state index contributed by atoms with van der Waals surface area (Å²) in [6.07, 6.45) is 0. The Morgan fingerprint density at radius 2 is 2.14 bits per heavy atom. The third kappa shape index (κ3) is 0.640. The molecule has 0 spiro atoms. The normalized spacial score (nSPS) is 51.0. The molecule has 0 aliphatic carbocycles. The SMILES string of the molecule is CC1C[NH+]([O-])C1C. The molecule has 1 heterocycles. The minimum absolute atomic E-state index is 0.361. The van der Waals surface area contributed by atoms with Crippen molar-refractivity contribution in [2.24, 2.45) is 5.92 Å². The van der Waals surface area contributed by atoms with E-state index in [0.717, 1.165) is 6.54 Å². The molecule has 2 heteroatoms. The Kier molecular flexibility index (Phi) is 1.05. The molecule has 1 rings (SSSR count). The number of hydrogen-bond donors (Lipinski definition) is 1. The lowest BCUT2D eigenvalue weighted by molar-refractivity contribution is -0.929. The molecule has 42 valence electrons. The maximum atomic E-state index is 10.4. The van der Waals surface area contributed by atoms with E-state index in [1.807, 2.05) is 6.92 Å². The van der Waals surface area contributed by atoms with E-state index in [4.69, 9.17) is 0 Å². The van der Waals surface area contributed by atoms with E-state index in [-0.39, 0.29) is 0 Å². The predicted octanol–water partition coefficient (Wildman–Crippen LogP) is -0.593. The van der Waals surface area contributed by atoms with Gasteiger partial charge in [-0.25, -0.2) is 0 Å². The smallest absolute Gasteiger partial charge is 0.0923 e. The first kappa shape index (κ1) is 5.06. The topological polar surface area (TPSA) is 27.5 Å². The van der Waals surface area contributed by atoms with Crippen molar-refractivity contribution in [1.29, 1.82) is 0 Å². The van der Waals surface area contributed by atoms with Gasteiger partial charge in [0.15, 0.2) is 0 Å². The molecule has 1 fully saturated rings. The summed E-state index contributed by atoms with van der Waals surface area (Å²) in [5.41, 5.74) is 0. The fourth-order valence-corrected chi connectivity index (χ4v) is 0.837. The van der Waals surface area contributed by atoms with Gasteiger partial charge in [0.2, 0.25) is 0 Å². The lowest BCUT2D eigenvalue weighted by Gasteiger charge is -2.43. The van der Waals surface area contributed by atoms with Crippen LogP contribution in [0.1, 0.15) is 13.8 Å². The molecule has 0 radical (unpaired) electrons. The third-order valence-electron chi connectivity index (χ3n) is 1.88. The van der Waals surface area contributed by atoms with Gasteiger partial charge in [0.1, 0.15) is 0 Å². The molecule has 7 heavy (non-hydrogen) atoms. The first-order chi connectivity index (χ1) is 3.22. The van der Waals surface area contributed by atoms with Crippen LogP contribution in [0, 0.1) is 11.1 Å². The molecule has 3 unspecified atom stereocenters. The van der Waals surface area contributed by atoms with Crippen LogP contribution in [0.25, 0.3) is 0 Å². The Labute approximate surface area is 43.7 Å². The van der Waals surface area contributed by atoms with Crippen LogP contribution in [-0.4, -0.2) is 12.6 Å². The van der Waals surface area contributed by atoms with Crippen LogP contribution < -0.4 is 5.06 Å². The lowest BCUT2D eigenvalue weighted by atomic mass is 9.95. The van der Waals surface area contributed by atoms with Crippen LogP contribution in [0.4, 0.5) is 0 Å². The van der Waals surface area contributed by atoms with Gasteiger partial charge in [-0.05, 0) is 6.92 Å². The maximum absolute atomic E-state index is 10.4. The highest BCUT2D eigenvalue weighted by atomic mass is 16.5. The van der Waals surface area contributed by atoms with Crippen molar-refractivity contribution in [1.82, 2.24) is 0 Å². The van der Waals surface area contributed by atoms with E-state index >= 15 is 0 Å². The van der Waals surface area contributed by atoms with Gasteiger partial charge in [-0.2, -0.15) is 0 Å². The summed E-state index contributed by atoms with van der Waals surface area (Å²) in [4.78, 5) is 0. The Bertz CT molecular complexity index is 66.5. The lowest BCUT2D eigenvalue weighted by Crippen LogP contribution is -3.19. The van der Waals surface area contributed by atoms with Gasteiger partial charge in [0.25, 0.3) is 0 Å². The zero-order valence-electron chi connectivity index (χ0n) is 4.77. The molecule has 1 saturated heterocycles. The molecular weight excluding hydrogens is 90.1 g/mol. The Morgan fingerprint density at radius 3 is 2.14 bits per heavy atom. The van der Waals surface area contributed by atoms with E-state index in [1.165, 1.54) is 0 Å². The molecule has 1 aliphatic heterocycles. The number of quaternary nitrogens is 1. The van der Waals surface area contributed by atoms with Gasteiger partial charge in [0, 0.05) is 0 Å². The number of hydroxylamine groups is 2. The molecule has 3 atom stereocenters. The van der Waals surface area contributed by atoms with Crippen molar-refractivity contribution in [3.63, 3.8) is 0 Å².